The summed E-state index contributed by atoms with van der Waals surface area (Å²) >= 11 is 1.64. The van der Waals surface area contributed by atoms with Crippen molar-refractivity contribution in [2.75, 3.05) is 5.32 Å². The zero-order valence-corrected chi connectivity index (χ0v) is 11.7. The quantitative estimate of drug-likeness (QED) is 0.742. The van der Waals surface area contributed by atoms with Crippen molar-refractivity contribution in [3.8, 4) is 0 Å². The maximum Gasteiger partial charge on any atom is 0.0795 e. The van der Waals surface area contributed by atoms with Gasteiger partial charge in [-0.2, -0.15) is 0 Å². The number of nitrogens with one attached hydrogen (secondary N) is 1. The molecule has 0 atom stereocenters. The van der Waals surface area contributed by atoms with Crippen molar-refractivity contribution in [1.29, 1.82) is 0 Å². The highest BCUT2D eigenvalue weighted by molar-refractivity contribution is 7.07. The number of aryl methyl sites for hydroxylation is 1. The Morgan fingerprint density at radius 2 is 2.00 bits per heavy atom. The number of aromatic nitrogens is 1. The fraction of sp³-hybridized carbons (Fsp3) is 0.400. The molecule has 0 amide bonds. The average molecular weight is 260 g/mol. The molecule has 0 saturated carbocycles. The largest absolute Gasteiger partial charge is 0.379 e. The first-order chi connectivity index (χ1) is 8.88. The van der Waals surface area contributed by atoms with E-state index >= 15 is 0 Å². The van der Waals surface area contributed by atoms with Crippen LogP contribution >= 0.6 is 11.3 Å². The molecule has 0 saturated heterocycles. The highest BCUT2D eigenvalue weighted by Crippen LogP contribution is 2.13. The van der Waals surface area contributed by atoms with E-state index in [-0.39, 0.29) is 0 Å². The minimum atomic E-state index is 0.804. The summed E-state index contributed by atoms with van der Waals surface area (Å²) in [6, 6.07) is 8.76. The van der Waals surface area contributed by atoms with E-state index in [1.807, 2.05) is 5.51 Å². The summed E-state index contributed by atoms with van der Waals surface area (Å²) in [6.07, 6.45) is 5.10. The van der Waals surface area contributed by atoms with E-state index < -0.39 is 0 Å². The van der Waals surface area contributed by atoms with E-state index in [4.69, 9.17) is 0 Å². The van der Waals surface area contributed by atoms with Crippen LogP contribution in [0.2, 0.25) is 0 Å². The molecule has 0 bridgehead atoms. The summed E-state index contributed by atoms with van der Waals surface area (Å²) in [4.78, 5) is 4.25. The Morgan fingerprint density at radius 3 is 2.67 bits per heavy atom. The molecular weight excluding hydrogens is 240 g/mol. The van der Waals surface area contributed by atoms with Gasteiger partial charge in [0.15, 0.2) is 0 Å². The number of thiazole rings is 1. The van der Waals surface area contributed by atoms with Crippen LogP contribution in [0.3, 0.4) is 0 Å². The first-order valence-corrected chi connectivity index (χ1v) is 7.52. The van der Waals surface area contributed by atoms with Gasteiger partial charge < -0.3 is 5.32 Å². The molecule has 96 valence electrons. The average Bonchev–Trinajstić information content (AvgIpc) is 2.91. The van der Waals surface area contributed by atoms with Crippen LogP contribution in [0.1, 0.15) is 37.4 Å². The van der Waals surface area contributed by atoms with Crippen molar-refractivity contribution in [2.45, 2.75) is 39.2 Å². The van der Waals surface area contributed by atoms with Gasteiger partial charge >= 0.3 is 0 Å². The van der Waals surface area contributed by atoms with Gasteiger partial charge in [-0.05, 0) is 30.5 Å². The molecular formula is C15H20N2S. The summed E-state index contributed by atoms with van der Waals surface area (Å²) < 4.78 is 0. The number of hydrogen-bond donors (Lipinski definition) is 1. The van der Waals surface area contributed by atoms with Crippen molar-refractivity contribution >= 4 is 17.0 Å². The second-order valence-corrected chi connectivity index (χ2v) is 5.21. The topological polar surface area (TPSA) is 24.9 Å². The fourth-order valence-electron chi connectivity index (χ4n) is 1.89. The number of hydrogen-bond acceptors (Lipinski definition) is 3. The summed E-state index contributed by atoms with van der Waals surface area (Å²) in [5, 5.41) is 5.46. The van der Waals surface area contributed by atoms with Crippen LogP contribution in [0.4, 0.5) is 5.69 Å². The fourth-order valence-corrected chi connectivity index (χ4v) is 2.44. The minimum Gasteiger partial charge on any atom is -0.379 e. The molecule has 1 aromatic heterocycles. The Morgan fingerprint density at radius 1 is 1.17 bits per heavy atom. The number of rotatable bonds is 7. The van der Waals surface area contributed by atoms with Gasteiger partial charge in [-0.15, -0.1) is 11.3 Å². The van der Waals surface area contributed by atoms with Gasteiger partial charge in [-0.25, -0.2) is 4.98 Å². The molecule has 1 N–H and O–H groups in total. The van der Waals surface area contributed by atoms with Crippen molar-refractivity contribution < 1.29 is 0 Å². The smallest absolute Gasteiger partial charge is 0.0795 e. The zero-order chi connectivity index (χ0) is 12.6. The van der Waals surface area contributed by atoms with E-state index in [0.29, 0.717) is 0 Å². The SMILES string of the molecule is CCCCCc1ccc(NCc2cscn2)cc1. The van der Waals surface area contributed by atoms with E-state index in [1.54, 1.807) is 11.3 Å². The molecule has 0 aliphatic carbocycles. The van der Waals surface area contributed by atoms with Crippen LogP contribution in [-0.4, -0.2) is 4.98 Å². The molecule has 0 unspecified atom stereocenters. The van der Waals surface area contributed by atoms with Gasteiger partial charge in [0, 0.05) is 11.1 Å². The van der Waals surface area contributed by atoms with Gasteiger partial charge in [0.1, 0.15) is 0 Å². The maximum absolute atomic E-state index is 4.25. The third-order valence-electron chi connectivity index (χ3n) is 2.98. The van der Waals surface area contributed by atoms with E-state index in [2.05, 4.69) is 46.9 Å². The summed E-state index contributed by atoms with van der Waals surface area (Å²) in [5.74, 6) is 0. The minimum absolute atomic E-state index is 0.804. The lowest BCUT2D eigenvalue weighted by atomic mass is 10.1. The summed E-state index contributed by atoms with van der Waals surface area (Å²) in [7, 11) is 0. The van der Waals surface area contributed by atoms with Gasteiger partial charge in [-0.1, -0.05) is 31.9 Å². The predicted molar refractivity (Wildman–Crippen MR) is 79.1 cm³/mol. The Labute approximate surface area is 113 Å². The second kappa shape index (κ2) is 7.17. The normalized spacial score (nSPS) is 10.5. The summed E-state index contributed by atoms with van der Waals surface area (Å²) in [6.45, 7) is 3.05. The van der Waals surface area contributed by atoms with Crippen molar-refractivity contribution in [3.05, 3.63) is 46.4 Å². The van der Waals surface area contributed by atoms with Crippen LogP contribution in [0, 0.1) is 0 Å². The van der Waals surface area contributed by atoms with E-state index in [0.717, 1.165) is 12.2 Å². The van der Waals surface area contributed by atoms with Crippen LogP contribution in [-0.2, 0) is 13.0 Å². The molecule has 1 aromatic carbocycles. The molecule has 0 spiro atoms. The molecule has 0 fully saturated rings. The molecule has 1 heterocycles. The molecule has 0 aliphatic rings. The lowest BCUT2D eigenvalue weighted by Crippen LogP contribution is -1.99. The number of anilines is 1. The van der Waals surface area contributed by atoms with E-state index in [1.165, 1.54) is 36.9 Å². The first kappa shape index (κ1) is 13.1. The number of unbranched alkanes of at least 4 members (excludes halogenated alkanes) is 2. The highest BCUT2D eigenvalue weighted by Gasteiger charge is 1.97. The molecule has 2 nitrogen and oxygen atoms in total. The molecule has 18 heavy (non-hydrogen) atoms. The summed E-state index contributed by atoms with van der Waals surface area (Å²) in [5.41, 5.74) is 5.57. The lowest BCUT2D eigenvalue weighted by Gasteiger charge is -2.06. The van der Waals surface area contributed by atoms with Gasteiger partial charge in [-0.3, -0.25) is 0 Å². The van der Waals surface area contributed by atoms with E-state index in [9.17, 15) is 0 Å². The van der Waals surface area contributed by atoms with Crippen LogP contribution in [0.5, 0.6) is 0 Å². The monoisotopic (exact) mass is 260 g/mol. The van der Waals surface area contributed by atoms with Gasteiger partial charge in [0.25, 0.3) is 0 Å². The molecule has 2 rings (SSSR count). The third-order valence-corrected chi connectivity index (χ3v) is 3.62. The standard InChI is InChI=1S/C15H20N2S/c1-2-3-4-5-13-6-8-14(9-7-13)16-10-15-11-18-12-17-15/h6-9,11-12,16H,2-5,10H2,1H3. The Balaban J connectivity index is 1.80. The van der Waals surface area contributed by atoms with Crippen LogP contribution < -0.4 is 5.32 Å². The van der Waals surface area contributed by atoms with Crippen molar-refractivity contribution in [3.63, 3.8) is 0 Å². The van der Waals surface area contributed by atoms with Crippen molar-refractivity contribution in [2.24, 2.45) is 0 Å². The first-order valence-electron chi connectivity index (χ1n) is 6.58. The third kappa shape index (κ3) is 4.15. The molecule has 3 heteroatoms. The zero-order valence-electron chi connectivity index (χ0n) is 10.9. The lowest BCUT2D eigenvalue weighted by molar-refractivity contribution is 0.717. The van der Waals surface area contributed by atoms with Gasteiger partial charge in [0.05, 0.1) is 17.7 Å². The van der Waals surface area contributed by atoms with Gasteiger partial charge in [0.2, 0.25) is 0 Å². The van der Waals surface area contributed by atoms with Crippen LogP contribution in [0.25, 0.3) is 0 Å². The Hall–Kier alpha value is -1.35. The predicted octanol–water partition coefficient (Wildman–Crippen LogP) is 4.49. The highest BCUT2D eigenvalue weighted by atomic mass is 32.1. The van der Waals surface area contributed by atoms with Crippen molar-refractivity contribution in [1.82, 2.24) is 4.98 Å². The maximum atomic E-state index is 4.25. The number of nitrogens with zero attached hydrogens (tertiary/aromatic N) is 1. The number of benzene rings is 1. The second-order valence-electron chi connectivity index (χ2n) is 4.49. The molecule has 0 radical (unpaired) electrons. The van der Waals surface area contributed by atoms with Crippen LogP contribution in [0.15, 0.2) is 35.2 Å². The molecule has 2 aromatic rings. The Bertz CT molecular complexity index is 434. The Kier molecular flexibility index (Phi) is 5.21. The molecule has 0 aliphatic heterocycles.